The van der Waals surface area contributed by atoms with Crippen LogP contribution < -0.4 is 4.90 Å². The van der Waals surface area contributed by atoms with Gasteiger partial charge in [-0.05, 0) is 42.7 Å². The van der Waals surface area contributed by atoms with Crippen molar-refractivity contribution in [1.82, 2.24) is 4.90 Å². The number of para-hydroxylation sites is 1. The number of hydrogen-bond donors (Lipinski definition) is 0. The van der Waals surface area contributed by atoms with E-state index in [0.717, 1.165) is 5.69 Å². The molecule has 0 spiro atoms. The molecule has 0 bridgehead atoms. The van der Waals surface area contributed by atoms with Crippen LogP contribution in [0.15, 0.2) is 60.3 Å². The van der Waals surface area contributed by atoms with Crippen molar-refractivity contribution in [2.24, 2.45) is 5.92 Å². The molecule has 5 heteroatoms. The predicted octanol–water partition coefficient (Wildman–Crippen LogP) is 4.09. The van der Waals surface area contributed by atoms with Gasteiger partial charge in [0.2, 0.25) is 0 Å². The summed E-state index contributed by atoms with van der Waals surface area (Å²) in [5, 5.41) is 0. The van der Waals surface area contributed by atoms with Crippen molar-refractivity contribution in [2.75, 3.05) is 18.0 Å². The highest BCUT2D eigenvalue weighted by molar-refractivity contribution is 6.36. The number of benzene rings is 2. The molecular weight excluding hydrogens is 343 g/mol. The average molecular weight is 366 g/mol. The second-order valence-corrected chi connectivity index (χ2v) is 6.93. The number of halogens is 1. The van der Waals surface area contributed by atoms with E-state index < -0.39 is 0 Å². The molecule has 1 aliphatic rings. The third-order valence-corrected chi connectivity index (χ3v) is 4.48. The van der Waals surface area contributed by atoms with E-state index in [4.69, 9.17) is 0 Å². The Balaban J connectivity index is 2.17. The van der Waals surface area contributed by atoms with Crippen LogP contribution in [0.25, 0.3) is 5.57 Å². The van der Waals surface area contributed by atoms with Gasteiger partial charge in [-0.15, -0.1) is 0 Å². The summed E-state index contributed by atoms with van der Waals surface area (Å²) in [5.41, 5.74) is 2.06. The van der Waals surface area contributed by atoms with Crippen LogP contribution in [0.2, 0.25) is 0 Å². The van der Waals surface area contributed by atoms with Gasteiger partial charge < -0.3 is 4.90 Å². The second kappa shape index (κ2) is 7.74. The molecule has 0 saturated carbocycles. The predicted molar refractivity (Wildman–Crippen MR) is 104 cm³/mol. The van der Waals surface area contributed by atoms with Gasteiger partial charge in [-0.2, -0.15) is 0 Å². The zero-order chi connectivity index (χ0) is 19.6. The maximum atomic E-state index is 13.4. The first kappa shape index (κ1) is 18.8. The molecule has 2 aromatic rings. The van der Waals surface area contributed by atoms with Gasteiger partial charge in [-0.1, -0.05) is 44.2 Å². The van der Waals surface area contributed by atoms with Crippen LogP contribution in [0.5, 0.6) is 0 Å². The quantitative estimate of drug-likeness (QED) is 0.723. The molecule has 1 aliphatic heterocycles. The number of carbonyl (C=O) groups excluding carboxylic acids is 2. The molecule has 0 aliphatic carbocycles. The Morgan fingerprint density at radius 3 is 2.15 bits per heavy atom. The van der Waals surface area contributed by atoms with Crippen molar-refractivity contribution in [3.8, 4) is 0 Å². The Kier molecular flexibility index (Phi) is 5.40. The molecule has 2 amide bonds. The summed E-state index contributed by atoms with van der Waals surface area (Å²) in [6.45, 7) is 6.73. The van der Waals surface area contributed by atoms with Crippen LogP contribution >= 0.6 is 0 Å². The zero-order valence-electron chi connectivity index (χ0n) is 15.8. The Hall–Kier alpha value is -2.95. The van der Waals surface area contributed by atoms with E-state index in [-0.39, 0.29) is 23.5 Å². The average Bonchev–Trinajstić information content (AvgIpc) is 2.89. The van der Waals surface area contributed by atoms with E-state index >= 15 is 0 Å². The minimum atomic E-state index is -0.382. The van der Waals surface area contributed by atoms with Crippen LogP contribution in [-0.2, 0) is 9.59 Å². The molecular formula is C22H23FN2O2. The van der Waals surface area contributed by atoms with E-state index in [1.165, 1.54) is 17.0 Å². The molecule has 0 fully saturated rings. The number of rotatable bonds is 6. The van der Waals surface area contributed by atoms with Crippen molar-refractivity contribution in [3.63, 3.8) is 0 Å². The fourth-order valence-corrected chi connectivity index (χ4v) is 3.30. The molecule has 140 valence electrons. The minimum absolute atomic E-state index is 0.151. The summed E-state index contributed by atoms with van der Waals surface area (Å²) >= 11 is 0. The molecule has 2 aromatic carbocycles. The first-order chi connectivity index (χ1) is 12.9. The van der Waals surface area contributed by atoms with Gasteiger partial charge >= 0.3 is 0 Å². The largest absolute Gasteiger partial charge is 0.337 e. The van der Waals surface area contributed by atoms with Crippen molar-refractivity contribution in [1.29, 1.82) is 0 Å². The molecule has 27 heavy (non-hydrogen) atoms. The van der Waals surface area contributed by atoms with Crippen LogP contribution in [0, 0.1) is 11.7 Å². The maximum Gasteiger partial charge on any atom is 0.278 e. The van der Waals surface area contributed by atoms with Gasteiger partial charge in [0, 0.05) is 18.8 Å². The normalized spacial score (nSPS) is 14.5. The Morgan fingerprint density at radius 1 is 0.963 bits per heavy atom. The molecule has 0 N–H and O–H groups in total. The molecule has 0 radical (unpaired) electrons. The lowest BCUT2D eigenvalue weighted by atomic mass is 10.0. The summed E-state index contributed by atoms with van der Waals surface area (Å²) in [6.07, 6.45) is 0. The third kappa shape index (κ3) is 3.63. The fourth-order valence-electron chi connectivity index (χ4n) is 3.30. The van der Waals surface area contributed by atoms with E-state index in [2.05, 4.69) is 0 Å². The number of imide groups is 1. The number of likely N-dealkylation sites (N-methyl/N-ethyl adjacent to an activating group) is 1. The highest BCUT2D eigenvalue weighted by Gasteiger charge is 2.41. The number of nitrogens with zero attached hydrogens (tertiary/aromatic N) is 2. The maximum absolute atomic E-state index is 13.4. The Bertz CT molecular complexity index is 873. The smallest absolute Gasteiger partial charge is 0.278 e. The van der Waals surface area contributed by atoms with Crippen LogP contribution in [0.4, 0.5) is 10.1 Å². The summed E-state index contributed by atoms with van der Waals surface area (Å²) in [6, 6.07) is 15.2. The summed E-state index contributed by atoms with van der Waals surface area (Å²) in [7, 11) is 0. The fraction of sp³-hybridized carbons (Fsp3) is 0.273. The van der Waals surface area contributed by atoms with Crippen LogP contribution in [-0.4, -0.2) is 29.8 Å². The van der Waals surface area contributed by atoms with Crippen molar-refractivity contribution in [2.45, 2.75) is 20.8 Å². The summed E-state index contributed by atoms with van der Waals surface area (Å²) in [5.74, 6) is -0.867. The summed E-state index contributed by atoms with van der Waals surface area (Å²) < 4.78 is 13.4. The number of hydrogen-bond acceptors (Lipinski definition) is 3. The third-order valence-electron chi connectivity index (χ3n) is 4.48. The van der Waals surface area contributed by atoms with Gasteiger partial charge in [0.15, 0.2) is 0 Å². The number of anilines is 1. The van der Waals surface area contributed by atoms with Crippen LogP contribution in [0.3, 0.4) is 0 Å². The van der Waals surface area contributed by atoms with Crippen molar-refractivity contribution in [3.05, 3.63) is 71.7 Å². The standard InChI is InChI=1S/C22H23FN2O2/c1-4-24(18-8-6-5-7-9-18)20-19(16-10-12-17(23)13-11-16)21(26)25(22(20)27)14-15(2)3/h5-13,15H,4,14H2,1-3H3. The van der Waals surface area contributed by atoms with Crippen LogP contribution in [0.1, 0.15) is 26.3 Å². The second-order valence-electron chi connectivity index (χ2n) is 6.93. The first-order valence-corrected chi connectivity index (χ1v) is 9.13. The van der Waals surface area contributed by atoms with Gasteiger partial charge in [-0.25, -0.2) is 4.39 Å². The highest BCUT2D eigenvalue weighted by atomic mass is 19.1. The number of carbonyl (C=O) groups is 2. The summed E-state index contributed by atoms with van der Waals surface area (Å²) in [4.78, 5) is 29.5. The topological polar surface area (TPSA) is 40.6 Å². The molecule has 0 atom stereocenters. The lowest BCUT2D eigenvalue weighted by molar-refractivity contribution is -0.137. The zero-order valence-corrected chi connectivity index (χ0v) is 15.8. The van der Waals surface area contributed by atoms with Gasteiger partial charge in [-0.3, -0.25) is 14.5 Å². The van der Waals surface area contributed by atoms with E-state index in [0.29, 0.717) is 29.9 Å². The molecule has 0 saturated heterocycles. The lowest BCUT2D eigenvalue weighted by Crippen LogP contribution is -2.37. The number of amides is 2. The highest BCUT2D eigenvalue weighted by Crippen LogP contribution is 2.34. The van der Waals surface area contributed by atoms with Gasteiger partial charge in [0.05, 0.1) is 5.57 Å². The van der Waals surface area contributed by atoms with Crippen molar-refractivity contribution < 1.29 is 14.0 Å². The monoisotopic (exact) mass is 366 g/mol. The van der Waals surface area contributed by atoms with Gasteiger partial charge in [0.1, 0.15) is 11.5 Å². The van der Waals surface area contributed by atoms with Crippen molar-refractivity contribution >= 4 is 23.1 Å². The van der Waals surface area contributed by atoms with E-state index in [1.54, 1.807) is 12.1 Å². The Labute approximate surface area is 158 Å². The first-order valence-electron chi connectivity index (χ1n) is 9.13. The minimum Gasteiger partial charge on any atom is -0.337 e. The molecule has 0 aromatic heterocycles. The molecule has 3 rings (SSSR count). The lowest BCUT2D eigenvalue weighted by Gasteiger charge is -2.25. The molecule has 0 unspecified atom stereocenters. The van der Waals surface area contributed by atoms with E-state index in [9.17, 15) is 14.0 Å². The molecule has 1 heterocycles. The SMILES string of the molecule is CCN(C1=C(c2ccc(F)cc2)C(=O)N(CC(C)C)C1=O)c1ccccc1. The Morgan fingerprint density at radius 2 is 1.59 bits per heavy atom. The molecule has 4 nitrogen and oxygen atoms in total. The van der Waals surface area contributed by atoms with Gasteiger partial charge in [0.25, 0.3) is 11.8 Å². The van der Waals surface area contributed by atoms with E-state index in [1.807, 2.05) is 56.0 Å².